The van der Waals surface area contributed by atoms with E-state index < -0.39 is 0 Å². The molecule has 0 saturated carbocycles. The van der Waals surface area contributed by atoms with Crippen LogP contribution in [0.1, 0.15) is 18.4 Å². The van der Waals surface area contributed by atoms with Crippen LogP contribution in [0.4, 0.5) is 4.79 Å². The second-order valence-corrected chi connectivity index (χ2v) is 8.07. The van der Waals surface area contributed by atoms with Gasteiger partial charge < -0.3 is 9.80 Å². The lowest BCUT2D eigenvalue weighted by molar-refractivity contribution is -0.883. The normalized spacial score (nSPS) is 20.3. The highest BCUT2D eigenvalue weighted by Crippen LogP contribution is 2.33. The zero-order valence-electron chi connectivity index (χ0n) is 14.9. The smallest absolute Gasteiger partial charge is 0.291 e. The molecule has 26 heavy (non-hydrogen) atoms. The van der Waals surface area contributed by atoms with E-state index in [2.05, 4.69) is 7.05 Å². The van der Waals surface area contributed by atoms with Gasteiger partial charge in [0.1, 0.15) is 4.99 Å². The minimum atomic E-state index is -0.0483. The third-order valence-electron chi connectivity index (χ3n) is 4.71. The van der Waals surface area contributed by atoms with E-state index in [9.17, 15) is 9.59 Å². The van der Waals surface area contributed by atoms with E-state index in [0.717, 1.165) is 36.6 Å². The number of amides is 2. The second kappa shape index (κ2) is 8.79. The first-order chi connectivity index (χ1) is 12.5. The van der Waals surface area contributed by atoms with Gasteiger partial charge in [0.25, 0.3) is 5.24 Å². The maximum absolute atomic E-state index is 12.3. The zero-order valence-corrected chi connectivity index (χ0v) is 16.6. The quantitative estimate of drug-likeness (QED) is 0.614. The topological polar surface area (TPSA) is 45.1 Å². The predicted molar refractivity (Wildman–Crippen MR) is 109 cm³/mol. The van der Waals surface area contributed by atoms with Crippen molar-refractivity contribution in [2.75, 3.05) is 39.8 Å². The van der Waals surface area contributed by atoms with E-state index >= 15 is 0 Å². The molecule has 3 rings (SSSR count). The van der Waals surface area contributed by atoms with Gasteiger partial charge in [-0.2, -0.15) is 0 Å². The molecular formula is C19H24N3O2S2+. The van der Waals surface area contributed by atoms with Crippen molar-refractivity contribution in [3.8, 4) is 0 Å². The summed E-state index contributed by atoms with van der Waals surface area (Å²) in [7, 11) is 2.15. The number of hydrogen-bond donors (Lipinski definition) is 1. The summed E-state index contributed by atoms with van der Waals surface area (Å²) in [6.07, 6.45) is 3.06. The Kier molecular flexibility index (Phi) is 6.45. The molecule has 2 aliphatic heterocycles. The van der Waals surface area contributed by atoms with Crippen molar-refractivity contribution in [1.82, 2.24) is 9.80 Å². The number of thiocarbonyl (C=S) groups is 1. The molecule has 0 aromatic heterocycles. The van der Waals surface area contributed by atoms with Crippen LogP contribution in [0, 0.1) is 0 Å². The molecule has 0 atom stereocenters. The van der Waals surface area contributed by atoms with Crippen LogP contribution in [-0.4, -0.2) is 65.7 Å². The summed E-state index contributed by atoms with van der Waals surface area (Å²) in [4.78, 5) is 31.0. The number of nitrogens with zero attached hydrogens (tertiary/aromatic N) is 2. The number of rotatable bonds is 5. The summed E-state index contributed by atoms with van der Waals surface area (Å²) in [5.41, 5.74) is 1.03. The van der Waals surface area contributed by atoms with Gasteiger partial charge in [0.05, 0.1) is 38.1 Å². The number of likely N-dealkylation sites (N-methyl/N-ethyl adjacent to an activating group) is 1. The number of nitrogens with one attached hydrogen (secondary N) is 1. The highest BCUT2D eigenvalue weighted by atomic mass is 32.2. The molecule has 0 spiro atoms. The van der Waals surface area contributed by atoms with E-state index in [1.165, 1.54) is 16.7 Å². The van der Waals surface area contributed by atoms with Crippen LogP contribution in [-0.2, 0) is 4.79 Å². The summed E-state index contributed by atoms with van der Waals surface area (Å²) in [6.45, 7) is 4.16. The SMILES string of the molecule is C[NH+]1CCN(C(=O)CCCN2C(=O)S/C(=C/c3ccccc3)C2=S)CC1. The molecular weight excluding hydrogens is 366 g/mol. The van der Waals surface area contributed by atoms with Crippen molar-refractivity contribution in [3.05, 3.63) is 40.8 Å². The molecule has 2 heterocycles. The summed E-state index contributed by atoms with van der Waals surface area (Å²) in [5, 5.41) is -0.0483. The van der Waals surface area contributed by atoms with E-state index in [1.54, 1.807) is 4.90 Å². The third kappa shape index (κ3) is 4.72. The largest absolute Gasteiger partial charge is 0.334 e. The first-order valence-electron chi connectivity index (χ1n) is 8.94. The van der Waals surface area contributed by atoms with Gasteiger partial charge in [-0.1, -0.05) is 42.5 Å². The van der Waals surface area contributed by atoms with Crippen molar-refractivity contribution in [2.45, 2.75) is 12.8 Å². The summed E-state index contributed by atoms with van der Waals surface area (Å²) >= 11 is 6.65. The molecule has 7 heteroatoms. The van der Waals surface area contributed by atoms with Gasteiger partial charge in [-0.3, -0.25) is 14.5 Å². The number of benzene rings is 1. The minimum Gasteiger partial charge on any atom is -0.334 e. The van der Waals surface area contributed by atoms with Crippen LogP contribution >= 0.6 is 24.0 Å². The maximum atomic E-state index is 12.3. The zero-order chi connectivity index (χ0) is 18.5. The standard InChI is InChI=1S/C19H23N3O2S2/c1-20-10-12-21(13-11-20)17(23)8-5-9-22-18(25)16(26-19(22)24)14-15-6-3-2-4-7-15/h2-4,6-7,14H,5,8-13H2,1H3/p+1/b16-14+. The molecule has 2 fully saturated rings. The van der Waals surface area contributed by atoms with Crippen molar-refractivity contribution in [2.24, 2.45) is 0 Å². The number of thioether (sulfide) groups is 1. The monoisotopic (exact) mass is 390 g/mol. The van der Waals surface area contributed by atoms with E-state index in [-0.39, 0.29) is 11.1 Å². The van der Waals surface area contributed by atoms with Crippen molar-refractivity contribution >= 4 is 46.2 Å². The first kappa shape index (κ1) is 19.1. The summed E-state index contributed by atoms with van der Waals surface area (Å²) in [6, 6.07) is 9.85. The van der Waals surface area contributed by atoms with E-state index in [0.29, 0.717) is 24.4 Å². The van der Waals surface area contributed by atoms with Crippen LogP contribution in [0.5, 0.6) is 0 Å². The number of hydrogen-bond acceptors (Lipinski definition) is 4. The fourth-order valence-corrected chi connectivity index (χ4v) is 4.37. The van der Waals surface area contributed by atoms with Crippen LogP contribution in [0.15, 0.2) is 35.2 Å². The highest BCUT2D eigenvalue weighted by molar-refractivity contribution is 8.19. The van der Waals surface area contributed by atoms with Crippen molar-refractivity contribution in [1.29, 1.82) is 0 Å². The lowest BCUT2D eigenvalue weighted by Crippen LogP contribution is -3.12. The Morgan fingerprint density at radius 1 is 1.27 bits per heavy atom. The van der Waals surface area contributed by atoms with Crippen molar-refractivity contribution in [3.63, 3.8) is 0 Å². The number of carbonyl (C=O) groups excluding carboxylic acids is 2. The molecule has 1 aromatic carbocycles. The first-order valence-corrected chi connectivity index (χ1v) is 10.2. The molecule has 0 radical (unpaired) electrons. The molecule has 2 aliphatic rings. The Balaban J connectivity index is 1.50. The molecule has 2 amide bonds. The number of quaternary nitrogens is 1. The molecule has 0 unspecified atom stereocenters. The van der Waals surface area contributed by atoms with Gasteiger partial charge >= 0.3 is 0 Å². The van der Waals surface area contributed by atoms with Gasteiger partial charge in [0, 0.05) is 13.0 Å². The Bertz CT molecular complexity index is 713. The Morgan fingerprint density at radius 2 is 1.96 bits per heavy atom. The lowest BCUT2D eigenvalue weighted by Gasteiger charge is -2.30. The van der Waals surface area contributed by atoms with Gasteiger partial charge in [-0.15, -0.1) is 0 Å². The average Bonchev–Trinajstić information content (AvgIpc) is 2.90. The maximum Gasteiger partial charge on any atom is 0.291 e. The van der Waals surface area contributed by atoms with Gasteiger partial charge in [0.2, 0.25) is 5.91 Å². The molecule has 138 valence electrons. The molecule has 1 aromatic rings. The lowest BCUT2D eigenvalue weighted by atomic mass is 10.2. The molecule has 0 aliphatic carbocycles. The number of piperazine rings is 1. The van der Waals surface area contributed by atoms with Gasteiger partial charge in [0.15, 0.2) is 0 Å². The van der Waals surface area contributed by atoms with E-state index in [4.69, 9.17) is 12.2 Å². The van der Waals surface area contributed by atoms with E-state index in [1.807, 2.05) is 41.3 Å². The van der Waals surface area contributed by atoms with Gasteiger partial charge in [-0.05, 0) is 29.8 Å². The van der Waals surface area contributed by atoms with Crippen LogP contribution in [0.2, 0.25) is 0 Å². The van der Waals surface area contributed by atoms with Crippen molar-refractivity contribution < 1.29 is 14.5 Å². The Morgan fingerprint density at radius 3 is 2.65 bits per heavy atom. The second-order valence-electron chi connectivity index (χ2n) is 6.69. The average molecular weight is 391 g/mol. The van der Waals surface area contributed by atoms with Crippen LogP contribution < -0.4 is 4.90 Å². The fraction of sp³-hybridized carbons (Fsp3) is 0.421. The Labute approximate surface area is 164 Å². The summed E-state index contributed by atoms with van der Waals surface area (Å²) < 4.78 is 0. The number of carbonyl (C=O) groups is 2. The fourth-order valence-electron chi connectivity index (χ4n) is 3.08. The predicted octanol–water partition coefficient (Wildman–Crippen LogP) is 1.66. The molecule has 0 bridgehead atoms. The van der Waals surface area contributed by atoms with Crippen LogP contribution in [0.3, 0.4) is 0 Å². The van der Waals surface area contributed by atoms with Crippen LogP contribution in [0.25, 0.3) is 6.08 Å². The summed E-state index contributed by atoms with van der Waals surface area (Å²) in [5.74, 6) is 0.183. The third-order valence-corrected chi connectivity index (χ3v) is 6.21. The molecule has 5 nitrogen and oxygen atoms in total. The molecule has 2 saturated heterocycles. The van der Waals surface area contributed by atoms with Gasteiger partial charge in [-0.25, -0.2) is 0 Å². The Hall–Kier alpha value is -1.70. The molecule has 1 N–H and O–H groups in total. The highest BCUT2D eigenvalue weighted by Gasteiger charge is 2.31. The minimum absolute atomic E-state index is 0.0483.